The van der Waals surface area contributed by atoms with Crippen LogP contribution in [0.2, 0.25) is 0 Å². The summed E-state index contributed by atoms with van der Waals surface area (Å²) in [6.45, 7) is 9.80. The zero-order chi connectivity index (χ0) is 20.3. The molecule has 162 valence electrons. The average Bonchev–Trinajstić information content (AvgIpc) is 3.26. The Bertz CT molecular complexity index is 606. The van der Waals surface area contributed by atoms with E-state index in [4.69, 9.17) is 9.47 Å². The quantitative estimate of drug-likeness (QED) is 0.378. The van der Waals surface area contributed by atoms with Crippen molar-refractivity contribution in [2.75, 3.05) is 53.0 Å². The number of hydrogen-bond donors (Lipinski definition) is 2. The molecule has 29 heavy (non-hydrogen) atoms. The smallest absolute Gasteiger partial charge is 0.190 e. The molecule has 0 aliphatic carbocycles. The molecule has 1 unspecified atom stereocenters. The van der Waals surface area contributed by atoms with E-state index >= 15 is 0 Å². The lowest BCUT2D eigenvalue weighted by molar-refractivity contribution is 0.0420. The van der Waals surface area contributed by atoms with E-state index in [1.807, 2.05) is 7.05 Å². The Kier molecular flexibility index (Phi) is 9.25. The summed E-state index contributed by atoms with van der Waals surface area (Å²) in [4.78, 5) is 6.92. The van der Waals surface area contributed by atoms with Gasteiger partial charge in [0.05, 0.1) is 12.7 Å². The van der Waals surface area contributed by atoms with Crippen molar-refractivity contribution in [1.82, 2.24) is 15.5 Å². The summed E-state index contributed by atoms with van der Waals surface area (Å²) in [5.74, 6) is 1.62. The molecule has 2 heterocycles. The molecular weight excluding hydrogens is 364 g/mol. The van der Waals surface area contributed by atoms with Crippen molar-refractivity contribution in [3.05, 3.63) is 35.4 Å². The molecule has 1 aromatic rings. The van der Waals surface area contributed by atoms with Gasteiger partial charge >= 0.3 is 0 Å². The monoisotopic (exact) mass is 402 g/mol. The minimum atomic E-state index is 0.296. The fourth-order valence-corrected chi connectivity index (χ4v) is 3.94. The van der Waals surface area contributed by atoms with Crippen LogP contribution in [0, 0.1) is 12.8 Å². The molecule has 0 saturated carbocycles. The molecule has 3 rings (SSSR count). The first-order valence-electron chi connectivity index (χ1n) is 11.1. The molecule has 0 amide bonds. The van der Waals surface area contributed by atoms with E-state index in [1.54, 1.807) is 0 Å². The molecule has 2 aliphatic rings. The molecule has 2 saturated heterocycles. The first-order chi connectivity index (χ1) is 14.2. The summed E-state index contributed by atoms with van der Waals surface area (Å²) in [6, 6.07) is 8.93. The number of aliphatic imine (C=N–C) groups is 1. The molecule has 0 spiro atoms. The minimum Gasteiger partial charge on any atom is -0.379 e. The van der Waals surface area contributed by atoms with Crippen molar-refractivity contribution in [3.8, 4) is 0 Å². The van der Waals surface area contributed by atoms with Crippen LogP contribution in [-0.2, 0) is 16.0 Å². The average molecular weight is 403 g/mol. The highest BCUT2D eigenvalue weighted by atomic mass is 16.5. The Morgan fingerprint density at radius 3 is 2.66 bits per heavy atom. The van der Waals surface area contributed by atoms with E-state index in [0.717, 1.165) is 58.3 Å². The van der Waals surface area contributed by atoms with Crippen molar-refractivity contribution >= 4 is 5.96 Å². The second kappa shape index (κ2) is 12.2. The molecule has 2 fully saturated rings. The van der Waals surface area contributed by atoms with Crippen molar-refractivity contribution in [3.63, 3.8) is 0 Å². The lowest BCUT2D eigenvalue weighted by Crippen LogP contribution is -2.43. The van der Waals surface area contributed by atoms with Crippen molar-refractivity contribution in [2.24, 2.45) is 10.9 Å². The van der Waals surface area contributed by atoms with E-state index in [9.17, 15) is 0 Å². The van der Waals surface area contributed by atoms with Gasteiger partial charge in [-0.05, 0) is 57.2 Å². The van der Waals surface area contributed by atoms with Crippen molar-refractivity contribution < 1.29 is 9.47 Å². The van der Waals surface area contributed by atoms with Gasteiger partial charge < -0.3 is 20.1 Å². The van der Waals surface area contributed by atoms with Crippen LogP contribution in [0.3, 0.4) is 0 Å². The number of nitrogens with zero attached hydrogens (tertiary/aromatic N) is 2. The first-order valence-corrected chi connectivity index (χ1v) is 11.1. The Morgan fingerprint density at radius 1 is 1.17 bits per heavy atom. The standard InChI is InChI=1S/C23H38N4O2/c1-19-4-6-21(7-5-19)17-27-12-8-20(9-13-27)16-26-23(24-2)25-11-3-14-29-22-10-15-28-18-22/h4-7,20,22H,3,8-18H2,1-2H3,(H2,24,25,26). The molecule has 0 bridgehead atoms. The number of benzene rings is 1. The largest absolute Gasteiger partial charge is 0.379 e. The lowest BCUT2D eigenvalue weighted by atomic mass is 9.96. The summed E-state index contributed by atoms with van der Waals surface area (Å²) >= 11 is 0. The molecule has 2 aliphatic heterocycles. The van der Waals surface area contributed by atoms with Crippen LogP contribution in [0.25, 0.3) is 0 Å². The van der Waals surface area contributed by atoms with Gasteiger partial charge in [-0.25, -0.2) is 0 Å². The van der Waals surface area contributed by atoms with E-state index in [1.165, 1.54) is 37.1 Å². The summed E-state index contributed by atoms with van der Waals surface area (Å²) in [5, 5.41) is 6.90. The molecule has 2 N–H and O–H groups in total. The summed E-state index contributed by atoms with van der Waals surface area (Å²) in [6.07, 6.45) is 4.79. The van der Waals surface area contributed by atoms with E-state index in [0.29, 0.717) is 12.0 Å². The lowest BCUT2D eigenvalue weighted by Gasteiger charge is -2.32. The van der Waals surface area contributed by atoms with Gasteiger partial charge in [0.25, 0.3) is 0 Å². The predicted molar refractivity (Wildman–Crippen MR) is 118 cm³/mol. The highest BCUT2D eigenvalue weighted by molar-refractivity contribution is 5.79. The number of rotatable bonds is 9. The molecule has 6 heteroatoms. The SMILES string of the molecule is CN=C(NCCCOC1CCOC1)NCC1CCN(Cc2ccc(C)cc2)CC1. The third kappa shape index (κ3) is 7.96. The third-order valence-corrected chi connectivity index (χ3v) is 5.87. The van der Waals surface area contributed by atoms with Crippen LogP contribution >= 0.6 is 0 Å². The first kappa shape index (κ1) is 22.1. The van der Waals surface area contributed by atoms with Gasteiger partial charge in [0.2, 0.25) is 0 Å². The molecule has 0 radical (unpaired) electrons. The number of aryl methyl sites for hydroxylation is 1. The zero-order valence-corrected chi connectivity index (χ0v) is 18.2. The Balaban J connectivity index is 1.25. The van der Waals surface area contributed by atoms with Crippen LogP contribution in [0.4, 0.5) is 0 Å². The van der Waals surface area contributed by atoms with Gasteiger partial charge in [0, 0.05) is 39.9 Å². The Hall–Kier alpha value is -1.63. The topological polar surface area (TPSA) is 58.1 Å². The maximum absolute atomic E-state index is 5.80. The summed E-state index contributed by atoms with van der Waals surface area (Å²) in [7, 11) is 1.84. The zero-order valence-electron chi connectivity index (χ0n) is 18.2. The van der Waals surface area contributed by atoms with E-state index < -0.39 is 0 Å². The summed E-state index contributed by atoms with van der Waals surface area (Å²) < 4.78 is 11.1. The van der Waals surface area contributed by atoms with Crippen LogP contribution in [0.5, 0.6) is 0 Å². The van der Waals surface area contributed by atoms with Crippen LogP contribution < -0.4 is 10.6 Å². The van der Waals surface area contributed by atoms with E-state index in [2.05, 4.69) is 51.7 Å². The summed E-state index contributed by atoms with van der Waals surface area (Å²) in [5.41, 5.74) is 2.75. The normalized spacial score (nSPS) is 21.4. The second-order valence-corrected chi connectivity index (χ2v) is 8.29. The highest BCUT2D eigenvalue weighted by Crippen LogP contribution is 2.18. The van der Waals surface area contributed by atoms with E-state index in [-0.39, 0.29) is 0 Å². The van der Waals surface area contributed by atoms with Gasteiger partial charge in [-0.2, -0.15) is 0 Å². The Labute approximate surface area is 176 Å². The number of ether oxygens (including phenoxy) is 2. The fraction of sp³-hybridized carbons (Fsp3) is 0.696. The number of likely N-dealkylation sites (tertiary alicyclic amines) is 1. The van der Waals surface area contributed by atoms with Gasteiger partial charge in [-0.3, -0.25) is 9.89 Å². The second-order valence-electron chi connectivity index (χ2n) is 8.29. The van der Waals surface area contributed by atoms with Crippen molar-refractivity contribution in [1.29, 1.82) is 0 Å². The fourth-order valence-electron chi connectivity index (χ4n) is 3.94. The molecule has 6 nitrogen and oxygen atoms in total. The number of piperidine rings is 1. The molecular formula is C23H38N4O2. The maximum Gasteiger partial charge on any atom is 0.190 e. The van der Waals surface area contributed by atoms with Crippen LogP contribution in [0.1, 0.15) is 36.8 Å². The molecule has 0 aromatic heterocycles. The predicted octanol–water partition coefficient (Wildman–Crippen LogP) is 2.57. The number of guanidine groups is 1. The third-order valence-electron chi connectivity index (χ3n) is 5.87. The number of nitrogens with one attached hydrogen (secondary N) is 2. The highest BCUT2D eigenvalue weighted by Gasteiger charge is 2.19. The maximum atomic E-state index is 5.80. The van der Waals surface area contributed by atoms with Gasteiger partial charge in [-0.15, -0.1) is 0 Å². The number of hydrogen-bond acceptors (Lipinski definition) is 4. The molecule has 1 aromatic carbocycles. The van der Waals surface area contributed by atoms with Crippen molar-refractivity contribution in [2.45, 2.75) is 45.3 Å². The molecule has 1 atom stereocenters. The van der Waals surface area contributed by atoms with Gasteiger partial charge in [-0.1, -0.05) is 29.8 Å². The van der Waals surface area contributed by atoms with Gasteiger partial charge in [0.1, 0.15) is 0 Å². The van der Waals surface area contributed by atoms with Crippen LogP contribution in [0.15, 0.2) is 29.3 Å². The van der Waals surface area contributed by atoms with Gasteiger partial charge in [0.15, 0.2) is 5.96 Å². The minimum absolute atomic E-state index is 0.296. The Morgan fingerprint density at radius 2 is 1.97 bits per heavy atom. The van der Waals surface area contributed by atoms with Crippen LogP contribution in [-0.4, -0.2) is 70.0 Å².